The number of amides is 1. The number of aliphatic imine (C=N–C) groups is 1. The van der Waals surface area contributed by atoms with Crippen molar-refractivity contribution in [1.29, 1.82) is 0 Å². The van der Waals surface area contributed by atoms with E-state index in [0.717, 1.165) is 37.2 Å². The van der Waals surface area contributed by atoms with E-state index >= 15 is 0 Å². The summed E-state index contributed by atoms with van der Waals surface area (Å²) in [5.74, 6) is 1.81. The Kier molecular flexibility index (Phi) is 8.35. The molecule has 0 aliphatic carbocycles. The van der Waals surface area contributed by atoms with Crippen molar-refractivity contribution in [1.82, 2.24) is 5.32 Å². The lowest BCUT2D eigenvalue weighted by molar-refractivity contribution is -0.115. The Balaban J connectivity index is 1.26. The Bertz CT molecular complexity index is 1700. The fourth-order valence-electron chi connectivity index (χ4n) is 6.81. The molecule has 0 bridgehead atoms. The molecule has 228 valence electrons. The van der Waals surface area contributed by atoms with Crippen LogP contribution in [0.5, 0.6) is 11.5 Å². The van der Waals surface area contributed by atoms with E-state index in [4.69, 9.17) is 14.5 Å². The quantitative estimate of drug-likeness (QED) is 0.202. The molecular formula is C38H37N3O3S. The van der Waals surface area contributed by atoms with Crippen molar-refractivity contribution < 1.29 is 14.3 Å². The van der Waals surface area contributed by atoms with Crippen LogP contribution in [0.2, 0.25) is 0 Å². The van der Waals surface area contributed by atoms with Crippen LogP contribution in [0.25, 0.3) is 6.08 Å². The molecule has 0 saturated carbocycles. The number of nitrogens with zero attached hydrogens (tertiary/aromatic N) is 2. The number of amidine groups is 1. The van der Waals surface area contributed by atoms with Gasteiger partial charge in [-0.05, 0) is 96.6 Å². The number of carbonyl (C=O) groups excluding carboxylic acids is 1. The largest absolute Gasteiger partial charge is 0.490 e. The molecule has 0 radical (unpaired) electrons. The third-order valence-electron chi connectivity index (χ3n) is 8.75. The molecule has 3 aliphatic heterocycles. The van der Waals surface area contributed by atoms with Gasteiger partial charge in [0, 0.05) is 30.6 Å². The van der Waals surface area contributed by atoms with Gasteiger partial charge in [0.25, 0.3) is 5.91 Å². The number of benzene rings is 4. The molecule has 4 aromatic rings. The second kappa shape index (κ2) is 12.9. The first-order valence-corrected chi connectivity index (χ1v) is 16.6. The summed E-state index contributed by atoms with van der Waals surface area (Å²) in [7, 11) is 0. The van der Waals surface area contributed by atoms with Gasteiger partial charge in [0.1, 0.15) is 0 Å². The lowest BCUT2D eigenvalue weighted by Gasteiger charge is -2.43. The fraction of sp³-hybridized carbons (Fsp3) is 0.263. The maximum Gasteiger partial charge on any atom is 0.264 e. The highest BCUT2D eigenvalue weighted by Gasteiger charge is 2.35. The predicted molar refractivity (Wildman–Crippen MR) is 184 cm³/mol. The molecule has 1 N–H and O–H groups in total. The molecule has 1 saturated heterocycles. The highest BCUT2D eigenvalue weighted by atomic mass is 32.2. The number of carbonyl (C=O) groups is 1. The maximum atomic E-state index is 13.1. The molecule has 7 heteroatoms. The molecule has 0 spiro atoms. The summed E-state index contributed by atoms with van der Waals surface area (Å²) in [6, 6.07) is 31.9. The van der Waals surface area contributed by atoms with Gasteiger partial charge >= 0.3 is 0 Å². The van der Waals surface area contributed by atoms with Gasteiger partial charge in [0.15, 0.2) is 16.7 Å². The van der Waals surface area contributed by atoms with Crippen molar-refractivity contribution in [2.75, 3.05) is 31.2 Å². The van der Waals surface area contributed by atoms with Crippen LogP contribution in [0.4, 0.5) is 11.4 Å². The van der Waals surface area contributed by atoms with E-state index in [-0.39, 0.29) is 5.91 Å². The first kappa shape index (κ1) is 29.2. The average Bonchev–Trinajstić information content (AvgIpc) is 3.41. The van der Waals surface area contributed by atoms with Crippen molar-refractivity contribution in [3.8, 4) is 11.5 Å². The minimum absolute atomic E-state index is 0.152. The summed E-state index contributed by atoms with van der Waals surface area (Å²) in [5.41, 5.74) is 8.43. The Morgan fingerprint density at radius 1 is 0.822 bits per heavy atom. The van der Waals surface area contributed by atoms with Gasteiger partial charge in [0.2, 0.25) is 0 Å². The van der Waals surface area contributed by atoms with E-state index in [1.165, 1.54) is 39.7 Å². The van der Waals surface area contributed by atoms with Crippen molar-refractivity contribution in [2.24, 2.45) is 4.99 Å². The van der Waals surface area contributed by atoms with E-state index in [1.807, 2.05) is 38.1 Å². The first-order valence-electron chi connectivity index (χ1n) is 15.8. The van der Waals surface area contributed by atoms with Crippen LogP contribution in [0.1, 0.15) is 66.3 Å². The monoisotopic (exact) mass is 615 g/mol. The Morgan fingerprint density at radius 2 is 1.42 bits per heavy atom. The van der Waals surface area contributed by atoms with Crippen molar-refractivity contribution >= 4 is 40.3 Å². The molecule has 3 aliphatic rings. The van der Waals surface area contributed by atoms with E-state index in [0.29, 0.717) is 46.6 Å². The summed E-state index contributed by atoms with van der Waals surface area (Å²) < 4.78 is 11.5. The number of hydrogen-bond acceptors (Lipinski definition) is 6. The lowest BCUT2D eigenvalue weighted by atomic mass is 9.76. The minimum Gasteiger partial charge on any atom is -0.490 e. The maximum absolute atomic E-state index is 13.1. The topological polar surface area (TPSA) is 63.2 Å². The zero-order valence-corrected chi connectivity index (χ0v) is 26.5. The molecule has 45 heavy (non-hydrogen) atoms. The Morgan fingerprint density at radius 3 is 2.02 bits per heavy atom. The summed E-state index contributed by atoms with van der Waals surface area (Å²) in [6.07, 6.45) is 4.01. The molecule has 1 amide bonds. The number of ether oxygens (including phenoxy) is 2. The Labute approximate surface area is 269 Å². The van der Waals surface area contributed by atoms with Gasteiger partial charge in [-0.25, -0.2) is 4.99 Å². The highest BCUT2D eigenvalue weighted by Crippen LogP contribution is 2.50. The number of thioether (sulfide) groups is 1. The Hall–Kier alpha value is -4.49. The van der Waals surface area contributed by atoms with Gasteiger partial charge in [0.05, 0.1) is 23.8 Å². The van der Waals surface area contributed by atoms with Gasteiger partial charge in [-0.2, -0.15) is 0 Å². The molecule has 0 aromatic heterocycles. The number of hydrogen-bond donors (Lipinski definition) is 1. The zero-order chi connectivity index (χ0) is 30.8. The third-order valence-corrected chi connectivity index (χ3v) is 9.66. The lowest BCUT2D eigenvalue weighted by Crippen LogP contribution is -2.37. The third kappa shape index (κ3) is 5.97. The summed E-state index contributed by atoms with van der Waals surface area (Å²) >= 11 is 1.37. The van der Waals surface area contributed by atoms with Gasteiger partial charge in [-0.1, -0.05) is 66.7 Å². The number of rotatable bonds is 8. The van der Waals surface area contributed by atoms with Gasteiger partial charge in [-0.15, -0.1) is 0 Å². The molecule has 2 atom stereocenters. The van der Waals surface area contributed by atoms with Crippen LogP contribution >= 0.6 is 11.8 Å². The fourth-order valence-corrected chi connectivity index (χ4v) is 7.65. The van der Waals surface area contributed by atoms with Crippen LogP contribution in [0.3, 0.4) is 0 Å². The van der Waals surface area contributed by atoms with Crippen molar-refractivity contribution in [2.45, 2.75) is 38.5 Å². The van der Waals surface area contributed by atoms with Crippen LogP contribution in [0.15, 0.2) is 101 Å². The normalized spacial score (nSPS) is 20.7. The second-order valence-electron chi connectivity index (χ2n) is 11.5. The van der Waals surface area contributed by atoms with Crippen LogP contribution < -0.4 is 19.7 Å². The first-order chi connectivity index (χ1) is 22.1. The molecule has 3 heterocycles. The van der Waals surface area contributed by atoms with Crippen molar-refractivity contribution in [3.63, 3.8) is 0 Å². The molecule has 7 rings (SSSR count). The van der Waals surface area contributed by atoms with Crippen LogP contribution in [0, 0.1) is 0 Å². The average molecular weight is 616 g/mol. The predicted octanol–water partition coefficient (Wildman–Crippen LogP) is 8.25. The molecular weight excluding hydrogens is 579 g/mol. The summed E-state index contributed by atoms with van der Waals surface area (Å²) in [5, 5.41) is 3.60. The van der Waals surface area contributed by atoms with Crippen LogP contribution in [-0.4, -0.2) is 37.4 Å². The zero-order valence-electron chi connectivity index (χ0n) is 25.7. The number of anilines is 1. The molecule has 6 nitrogen and oxygen atoms in total. The number of nitrogens with one attached hydrogen (secondary N) is 1. The standard InChI is InChI=1S/C38H37N3O3S/c1-3-43-33-16-15-25(21-34(33)44-4-2)22-35-37(42)40-38(45-35)39-28-23-31-29(26-11-7-5-8-12-26)17-19-41-20-18-30(32(24-28)36(31)41)27-13-9-6-10-14-27/h5-16,21-24,29-30H,3-4,17-20H2,1-2H3,(H,39,40,42)/b35-22-/t29-,30-/m0/s1. The highest BCUT2D eigenvalue weighted by molar-refractivity contribution is 8.18. The molecule has 4 aromatic carbocycles. The smallest absolute Gasteiger partial charge is 0.264 e. The summed E-state index contributed by atoms with van der Waals surface area (Å²) in [6.45, 7) is 7.07. The molecule has 1 fully saturated rings. The second-order valence-corrected chi connectivity index (χ2v) is 12.5. The van der Waals surface area contributed by atoms with E-state index < -0.39 is 0 Å². The van der Waals surface area contributed by atoms with E-state index in [2.05, 4.69) is 83.0 Å². The van der Waals surface area contributed by atoms with E-state index in [1.54, 1.807) is 0 Å². The van der Waals surface area contributed by atoms with Crippen molar-refractivity contribution in [3.05, 3.63) is 124 Å². The summed E-state index contributed by atoms with van der Waals surface area (Å²) in [4.78, 5) is 21.3. The molecule has 0 unspecified atom stereocenters. The van der Waals surface area contributed by atoms with Gasteiger partial charge in [-0.3, -0.25) is 4.79 Å². The SMILES string of the molecule is CCOc1ccc(/C=C2\SC(=Nc3cc4c5c(c3)[C@H](c3ccccc3)CCN5CC[C@H]4c3ccccc3)NC2=O)cc1OCC. The van der Waals surface area contributed by atoms with Gasteiger partial charge < -0.3 is 19.7 Å². The van der Waals surface area contributed by atoms with E-state index in [9.17, 15) is 4.79 Å². The minimum atomic E-state index is -0.152. The van der Waals surface area contributed by atoms with Crippen LogP contribution in [-0.2, 0) is 4.79 Å².